The van der Waals surface area contributed by atoms with Crippen LogP contribution in [0.15, 0.2) is 24.3 Å². The van der Waals surface area contributed by atoms with Gasteiger partial charge in [-0.05, 0) is 43.5 Å². The molecular weight excluding hydrogens is 340 g/mol. The first-order valence-electron chi connectivity index (χ1n) is 9.08. The highest BCUT2D eigenvalue weighted by molar-refractivity contribution is 5.94. The summed E-state index contributed by atoms with van der Waals surface area (Å²) in [5, 5.41) is 6.26. The molecule has 0 radical (unpaired) electrons. The Kier molecular flexibility index (Phi) is 11.5. The smallest absolute Gasteiger partial charge is 0.241 e. The Balaban J connectivity index is 0.00000312. The van der Waals surface area contributed by atoms with Crippen LogP contribution in [0.5, 0.6) is 0 Å². The lowest BCUT2D eigenvalue weighted by Gasteiger charge is -2.22. The standard InChI is InChI=1S/C19H30N2O3.ClH/c1-2-3-11-23-12-13-24-15-16-7-6-8-17(14-16)21-19(22)18-9-4-5-10-20-18;/h6-8,14,18,20H,2-5,9-13,15H2,1H3,(H,21,22);1H. The number of carbonyl (C=O) groups excluding carboxylic acids is 1. The molecule has 1 aliphatic rings. The van der Waals surface area contributed by atoms with E-state index >= 15 is 0 Å². The summed E-state index contributed by atoms with van der Waals surface area (Å²) in [6.45, 7) is 5.62. The number of hydrogen-bond donors (Lipinski definition) is 2. The molecule has 5 nitrogen and oxygen atoms in total. The van der Waals surface area contributed by atoms with Crippen molar-refractivity contribution >= 4 is 24.0 Å². The van der Waals surface area contributed by atoms with Gasteiger partial charge in [-0.25, -0.2) is 0 Å². The predicted molar refractivity (Wildman–Crippen MR) is 103 cm³/mol. The lowest BCUT2D eigenvalue weighted by molar-refractivity contribution is -0.118. The molecule has 0 bridgehead atoms. The molecule has 1 amide bonds. The van der Waals surface area contributed by atoms with E-state index in [9.17, 15) is 4.79 Å². The molecule has 0 aliphatic carbocycles. The van der Waals surface area contributed by atoms with E-state index in [0.29, 0.717) is 19.8 Å². The third-order valence-corrected chi connectivity index (χ3v) is 4.10. The zero-order valence-corrected chi connectivity index (χ0v) is 15.9. The molecular formula is C19H31ClN2O3. The molecule has 1 fully saturated rings. The number of amides is 1. The summed E-state index contributed by atoms with van der Waals surface area (Å²) in [5.41, 5.74) is 1.88. The number of piperidine rings is 1. The summed E-state index contributed by atoms with van der Waals surface area (Å²) in [4.78, 5) is 12.2. The fourth-order valence-electron chi connectivity index (χ4n) is 2.70. The zero-order chi connectivity index (χ0) is 17.0. The second-order valence-corrected chi connectivity index (χ2v) is 6.21. The molecule has 25 heavy (non-hydrogen) atoms. The molecule has 6 heteroatoms. The Morgan fingerprint density at radius 3 is 2.84 bits per heavy atom. The van der Waals surface area contributed by atoms with Crippen LogP contribution in [0, 0.1) is 0 Å². The highest BCUT2D eigenvalue weighted by Crippen LogP contribution is 2.14. The van der Waals surface area contributed by atoms with E-state index in [-0.39, 0.29) is 24.4 Å². The van der Waals surface area contributed by atoms with Crippen molar-refractivity contribution in [3.8, 4) is 0 Å². The molecule has 2 rings (SSSR count). The van der Waals surface area contributed by atoms with Gasteiger partial charge in [-0.1, -0.05) is 31.9 Å². The maximum atomic E-state index is 12.2. The zero-order valence-electron chi connectivity index (χ0n) is 15.1. The topological polar surface area (TPSA) is 59.6 Å². The lowest BCUT2D eigenvalue weighted by atomic mass is 10.0. The van der Waals surface area contributed by atoms with Gasteiger partial charge in [0.2, 0.25) is 5.91 Å². The quantitative estimate of drug-likeness (QED) is 0.618. The van der Waals surface area contributed by atoms with Gasteiger partial charge in [-0.2, -0.15) is 0 Å². The minimum Gasteiger partial charge on any atom is -0.379 e. The second-order valence-electron chi connectivity index (χ2n) is 6.21. The van der Waals surface area contributed by atoms with Crippen LogP contribution in [0.4, 0.5) is 5.69 Å². The highest BCUT2D eigenvalue weighted by atomic mass is 35.5. The van der Waals surface area contributed by atoms with Crippen molar-refractivity contribution in [2.75, 3.05) is 31.7 Å². The number of anilines is 1. The van der Waals surface area contributed by atoms with Crippen molar-refractivity contribution in [1.29, 1.82) is 0 Å². The third-order valence-electron chi connectivity index (χ3n) is 4.10. The Bertz CT molecular complexity index is 493. The molecule has 1 aromatic carbocycles. The molecule has 2 N–H and O–H groups in total. The maximum Gasteiger partial charge on any atom is 0.241 e. The van der Waals surface area contributed by atoms with Gasteiger partial charge in [0, 0.05) is 12.3 Å². The minimum absolute atomic E-state index is 0. The lowest BCUT2D eigenvalue weighted by Crippen LogP contribution is -2.43. The van der Waals surface area contributed by atoms with E-state index in [0.717, 1.165) is 56.5 Å². The van der Waals surface area contributed by atoms with Crippen LogP contribution in [-0.4, -0.2) is 38.3 Å². The number of hydrogen-bond acceptors (Lipinski definition) is 4. The molecule has 1 aromatic rings. The van der Waals surface area contributed by atoms with E-state index in [1.165, 1.54) is 0 Å². The van der Waals surface area contributed by atoms with Crippen LogP contribution in [0.2, 0.25) is 0 Å². The first-order chi connectivity index (χ1) is 11.8. The van der Waals surface area contributed by atoms with Crippen LogP contribution in [0.3, 0.4) is 0 Å². The monoisotopic (exact) mass is 370 g/mol. The Labute approximate surface area is 157 Å². The van der Waals surface area contributed by atoms with E-state index < -0.39 is 0 Å². The number of carbonyl (C=O) groups is 1. The number of halogens is 1. The summed E-state index contributed by atoms with van der Waals surface area (Å²) in [5.74, 6) is 0.0529. The summed E-state index contributed by atoms with van der Waals surface area (Å²) in [6, 6.07) is 7.77. The van der Waals surface area contributed by atoms with E-state index in [4.69, 9.17) is 9.47 Å². The maximum absolute atomic E-state index is 12.2. The van der Waals surface area contributed by atoms with Gasteiger partial charge in [0.25, 0.3) is 0 Å². The molecule has 1 unspecified atom stereocenters. The van der Waals surface area contributed by atoms with Gasteiger partial charge in [0.15, 0.2) is 0 Å². The second kappa shape index (κ2) is 13.1. The minimum atomic E-state index is -0.0704. The van der Waals surface area contributed by atoms with Gasteiger partial charge in [-0.15, -0.1) is 12.4 Å². The molecule has 1 aliphatic heterocycles. The van der Waals surface area contributed by atoms with Crippen LogP contribution in [0.1, 0.15) is 44.6 Å². The van der Waals surface area contributed by atoms with Crippen molar-refractivity contribution in [2.24, 2.45) is 0 Å². The van der Waals surface area contributed by atoms with Crippen molar-refractivity contribution in [2.45, 2.75) is 51.7 Å². The summed E-state index contributed by atoms with van der Waals surface area (Å²) in [7, 11) is 0. The number of nitrogens with one attached hydrogen (secondary N) is 2. The van der Waals surface area contributed by atoms with Crippen molar-refractivity contribution < 1.29 is 14.3 Å². The Morgan fingerprint density at radius 1 is 1.24 bits per heavy atom. The Hall–Kier alpha value is -1.14. The predicted octanol–water partition coefficient (Wildman–Crippen LogP) is 3.52. The number of benzene rings is 1. The van der Waals surface area contributed by atoms with Crippen LogP contribution in [-0.2, 0) is 20.9 Å². The molecule has 0 aromatic heterocycles. The number of rotatable bonds is 10. The largest absolute Gasteiger partial charge is 0.379 e. The van der Waals surface area contributed by atoms with Gasteiger partial charge in [0.05, 0.1) is 25.9 Å². The van der Waals surface area contributed by atoms with Crippen molar-refractivity contribution in [3.05, 3.63) is 29.8 Å². The average molecular weight is 371 g/mol. The van der Waals surface area contributed by atoms with Crippen molar-refractivity contribution in [3.63, 3.8) is 0 Å². The van der Waals surface area contributed by atoms with Gasteiger partial charge >= 0.3 is 0 Å². The number of ether oxygens (including phenoxy) is 2. The fraction of sp³-hybridized carbons (Fsp3) is 0.632. The molecule has 0 spiro atoms. The Morgan fingerprint density at radius 2 is 2.08 bits per heavy atom. The molecule has 142 valence electrons. The van der Waals surface area contributed by atoms with Crippen molar-refractivity contribution in [1.82, 2.24) is 5.32 Å². The summed E-state index contributed by atoms with van der Waals surface area (Å²) < 4.78 is 11.1. The number of unbranched alkanes of at least 4 members (excludes halogenated alkanes) is 1. The molecule has 1 saturated heterocycles. The first-order valence-corrected chi connectivity index (χ1v) is 9.08. The van der Waals surface area contributed by atoms with Gasteiger partial charge in [-0.3, -0.25) is 4.79 Å². The van der Waals surface area contributed by atoms with E-state index in [2.05, 4.69) is 17.6 Å². The van der Waals surface area contributed by atoms with Crippen LogP contribution >= 0.6 is 12.4 Å². The SMILES string of the molecule is CCCCOCCOCc1cccc(NC(=O)C2CCCCN2)c1.Cl. The molecule has 1 atom stereocenters. The first kappa shape index (κ1) is 21.9. The molecule has 1 heterocycles. The van der Waals surface area contributed by atoms with Gasteiger partial charge < -0.3 is 20.1 Å². The van der Waals surface area contributed by atoms with Crippen LogP contribution < -0.4 is 10.6 Å². The fourth-order valence-corrected chi connectivity index (χ4v) is 2.70. The van der Waals surface area contributed by atoms with Gasteiger partial charge in [0.1, 0.15) is 0 Å². The summed E-state index contributed by atoms with van der Waals surface area (Å²) >= 11 is 0. The van der Waals surface area contributed by atoms with E-state index in [1.807, 2.05) is 24.3 Å². The van der Waals surface area contributed by atoms with Crippen LogP contribution in [0.25, 0.3) is 0 Å². The summed E-state index contributed by atoms with van der Waals surface area (Å²) in [6.07, 6.45) is 5.41. The molecule has 0 saturated carbocycles. The third kappa shape index (κ3) is 8.68. The normalized spacial score (nSPS) is 16.9. The average Bonchev–Trinajstić information content (AvgIpc) is 2.62. The van der Waals surface area contributed by atoms with E-state index in [1.54, 1.807) is 0 Å². The highest BCUT2D eigenvalue weighted by Gasteiger charge is 2.20.